The number of hydrogen-bond acceptors (Lipinski definition) is 3. The molecule has 0 aliphatic heterocycles. The fraction of sp³-hybridized carbons (Fsp3) is 0.750. The minimum Gasteiger partial charge on any atom is -0.386 e. The molecule has 3 heteroatoms. The smallest absolute Gasteiger partial charge is 0.341 e. The maximum atomic E-state index is 12.6. The van der Waals surface area contributed by atoms with Crippen molar-refractivity contribution in [3.05, 3.63) is 47.6 Å². The first-order valence-electron chi connectivity index (χ1n) is 18.5. The van der Waals surface area contributed by atoms with Gasteiger partial charge in [-0.1, -0.05) is 140 Å². The van der Waals surface area contributed by atoms with Gasteiger partial charge in [-0.3, -0.25) is 0 Å². The van der Waals surface area contributed by atoms with E-state index in [0.29, 0.717) is 24.0 Å². The summed E-state index contributed by atoms with van der Waals surface area (Å²) in [4.78, 5) is 25.2. The molecule has 0 saturated carbocycles. The van der Waals surface area contributed by atoms with Crippen LogP contribution < -0.4 is 0 Å². The van der Waals surface area contributed by atoms with Crippen molar-refractivity contribution in [2.24, 2.45) is 0 Å². The summed E-state index contributed by atoms with van der Waals surface area (Å²) >= 11 is 0. The Morgan fingerprint density at radius 1 is 0.419 bits per heavy atom. The lowest BCUT2D eigenvalue weighted by molar-refractivity contribution is -0.154. The third-order valence-corrected chi connectivity index (χ3v) is 8.32. The van der Waals surface area contributed by atoms with Crippen LogP contribution in [-0.2, 0) is 14.3 Å². The van der Waals surface area contributed by atoms with E-state index in [-0.39, 0.29) is 0 Å². The molecule has 0 fully saturated rings. The Labute approximate surface area is 268 Å². The predicted octanol–water partition coefficient (Wildman–Crippen LogP) is 13.2. The lowest BCUT2D eigenvalue weighted by Crippen LogP contribution is -2.16. The lowest BCUT2D eigenvalue weighted by Gasteiger charge is -2.09. The average molecular weight is 599 g/mol. The van der Waals surface area contributed by atoms with Gasteiger partial charge in [0.1, 0.15) is 0 Å². The van der Waals surface area contributed by atoms with Crippen molar-refractivity contribution in [2.45, 2.75) is 195 Å². The zero-order valence-corrected chi connectivity index (χ0v) is 29.1. The molecule has 248 valence electrons. The molecule has 0 atom stereocenters. The Morgan fingerprint density at radius 3 is 1.00 bits per heavy atom. The van der Waals surface area contributed by atoms with Crippen LogP contribution in [-0.4, -0.2) is 11.9 Å². The van der Waals surface area contributed by atoms with E-state index in [4.69, 9.17) is 4.74 Å². The number of rotatable bonds is 30. The first-order chi connectivity index (χ1) is 21.1. The highest BCUT2D eigenvalue weighted by Crippen LogP contribution is 2.17. The van der Waals surface area contributed by atoms with Gasteiger partial charge in [0.25, 0.3) is 0 Å². The quantitative estimate of drug-likeness (QED) is 0.0271. The van der Waals surface area contributed by atoms with Gasteiger partial charge in [-0.25, -0.2) is 9.59 Å². The van der Waals surface area contributed by atoms with E-state index in [1.807, 2.05) is 13.8 Å². The second-order valence-corrected chi connectivity index (χ2v) is 12.3. The Bertz CT molecular complexity index is 707. The summed E-state index contributed by atoms with van der Waals surface area (Å²) < 4.78 is 5.26. The minimum absolute atomic E-state index is 0.475. The molecule has 0 aromatic carbocycles. The number of carbonyl (C=O) groups excluding carboxylic acids is 2. The van der Waals surface area contributed by atoms with Gasteiger partial charge in [-0.05, 0) is 90.9 Å². The molecule has 0 amide bonds. The lowest BCUT2D eigenvalue weighted by atomic mass is 10.0. The van der Waals surface area contributed by atoms with Gasteiger partial charge >= 0.3 is 11.9 Å². The molecule has 0 saturated heterocycles. The molecule has 0 rings (SSSR count). The maximum Gasteiger partial charge on any atom is 0.341 e. The summed E-state index contributed by atoms with van der Waals surface area (Å²) in [5.41, 5.74) is 1.24. The first-order valence-corrected chi connectivity index (χ1v) is 18.5. The van der Waals surface area contributed by atoms with E-state index in [1.165, 1.54) is 116 Å². The Balaban J connectivity index is 3.91. The second-order valence-electron chi connectivity index (χ2n) is 12.3. The van der Waals surface area contributed by atoms with Crippen molar-refractivity contribution >= 4 is 11.9 Å². The molecule has 0 aliphatic carbocycles. The summed E-state index contributed by atoms with van der Waals surface area (Å²) in [6, 6.07) is 0. The van der Waals surface area contributed by atoms with Crippen molar-refractivity contribution in [1.82, 2.24) is 0 Å². The molecule has 0 aromatic heterocycles. The number of ether oxygens (including phenoxy) is 1. The fourth-order valence-electron chi connectivity index (χ4n) is 5.36. The van der Waals surface area contributed by atoms with Crippen molar-refractivity contribution in [3.8, 4) is 0 Å². The number of esters is 2. The van der Waals surface area contributed by atoms with Crippen LogP contribution in [0.25, 0.3) is 0 Å². The summed E-state index contributed by atoms with van der Waals surface area (Å²) in [5, 5.41) is 0. The Kier molecular flexibility index (Phi) is 31.5. The van der Waals surface area contributed by atoms with Crippen molar-refractivity contribution in [1.29, 1.82) is 0 Å². The van der Waals surface area contributed by atoms with E-state index in [0.717, 1.165) is 38.5 Å². The molecule has 0 aromatic rings. The third kappa shape index (κ3) is 27.4. The molecular formula is C40H70O3. The van der Waals surface area contributed by atoms with Crippen LogP contribution in [0.4, 0.5) is 0 Å². The third-order valence-electron chi connectivity index (χ3n) is 8.32. The van der Waals surface area contributed by atoms with Crippen molar-refractivity contribution in [3.63, 3.8) is 0 Å². The van der Waals surface area contributed by atoms with E-state index in [9.17, 15) is 9.59 Å². The Hall–Kier alpha value is -1.90. The number of unbranched alkanes of at least 4 members (excludes halogenated alkanes) is 20. The van der Waals surface area contributed by atoms with E-state index < -0.39 is 11.9 Å². The number of hydrogen-bond donors (Lipinski definition) is 0. The second kappa shape index (κ2) is 33.0. The zero-order valence-electron chi connectivity index (χ0n) is 29.1. The van der Waals surface area contributed by atoms with Gasteiger partial charge in [-0.2, -0.15) is 0 Å². The molecule has 3 nitrogen and oxygen atoms in total. The molecule has 43 heavy (non-hydrogen) atoms. The first kappa shape index (κ1) is 41.1. The molecule has 0 radical (unpaired) electrons. The predicted molar refractivity (Wildman–Crippen MR) is 188 cm³/mol. The van der Waals surface area contributed by atoms with Crippen LogP contribution in [0, 0.1) is 0 Å². The highest BCUT2D eigenvalue weighted by molar-refractivity contribution is 6.01. The zero-order chi connectivity index (χ0) is 31.6. The monoisotopic (exact) mass is 599 g/mol. The Morgan fingerprint density at radius 2 is 0.698 bits per heavy atom. The van der Waals surface area contributed by atoms with E-state index >= 15 is 0 Å². The molecule has 0 spiro atoms. The number of allylic oxidation sites excluding steroid dienone is 6. The highest BCUT2D eigenvalue weighted by atomic mass is 16.6. The summed E-state index contributed by atoms with van der Waals surface area (Å²) in [7, 11) is 0. The molecule has 0 bridgehead atoms. The van der Waals surface area contributed by atoms with Crippen LogP contribution >= 0.6 is 0 Å². The minimum atomic E-state index is -0.475. The van der Waals surface area contributed by atoms with E-state index in [2.05, 4.69) is 38.2 Å². The highest BCUT2D eigenvalue weighted by Gasteiger charge is 2.18. The normalized spacial score (nSPS) is 12.6. The van der Waals surface area contributed by atoms with Crippen LogP contribution in [0.3, 0.4) is 0 Å². The summed E-state index contributed by atoms with van der Waals surface area (Å²) in [6.07, 6.45) is 44.1. The SMILES string of the molecule is CC=C(CCCCCCC=CCCCCCCCC)C(=O)OC(=O)C(=CC)CCCCCC/C=C\CCCCCCCC. The van der Waals surface area contributed by atoms with E-state index in [1.54, 1.807) is 12.2 Å². The molecule has 0 heterocycles. The molecule has 0 unspecified atom stereocenters. The van der Waals surface area contributed by atoms with Gasteiger partial charge < -0.3 is 4.74 Å². The van der Waals surface area contributed by atoms with Gasteiger partial charge in [0, 0.05) is 11.1 Å². The number of carbonyl (C=O) groups is 2. The van der Waals surface area contributed by atoms with Gasteiger partial charge in [0.05, 0.1) is 0 Å². The maximum absolute atomic E-state index is 12.6. The largest absolute Gasteiger partial charge is 0.386 e. The van der Waals surface area contributed by atoms with Gasteiger partial charge in [-0.15, -0.1) is 0 Å². The molecular weight excluding hydrogens is 528 g/mol. The van der Waals surface area contributed by atoms with Crippen LogP contribution in [0.1, 0.15) is 195 Å². The van der Waals surface area contributed by atoms with Gasteiger partial charge in [0.2, 0.25) is 0 Å². The molecule has 0 aliphatic rings. The summed E-state index contributed by atoms with van der Waals surface area (Å²) in [6.45, 7) is 8.24. The van der Waals surface area contributed by atoms with Gasteiger partial charge in [0.15, 0.2) is 0 Å². The summed E-state index contributed by atoms with van der Waals surface area (Å²) in [5.74, 6) is -0.950. The molecule has 0 N–H and O–H groups in total. The fourth-order valence-corrected chi connectivity index (χ4v) is 5.36. The van der Waals surface area contributed by atoms with Crippen LogP contribution in [0.2, 0.25) is 0 Å². The van der Waals surface area contributed by atoms with Crippen LogP contribution in [0.15, 0.2) is 47.6 Å². The topological polar surface area (TPSA) is 43.4 Å². The van der Waals surface area contributed by atoms with Crippen molar-refractivity contribution in [2.75, 3.05) is 0 Å². The average Bonchev–Trinajstić information content (AvgIpc) is 3.01. The van der Waals surface area contributed by atoms with Crippen molar-refractivity contribution < 1.29 is 14.3 Å². The van der Waals surface area contributed by atoms with Crippen LogP contribution in [0.5, 0.6) is 0 Å². The standard InChI is InChI=1S/C40H70O3/c1-5-9-11-13-15-17-19-21-23-25-27-29-31-33-35-37(7-3)39(41)43-40(42)38(8-4)36-34-32-30-28-26-24-22-20-18-16-14-12-10-6-2/h7-8,21-24H,5-6,9-20,25-36H2,1-4H3/b23-21-,24-22?,37-7?,38-8?.